The summed E-state index contributed by atoms with van der Waals surface area (Å²) in [5.41, 5.74) is 0. The average Bonchev–Trinajstić information content (AvgIpc) is 2.17. The zero-order valence-electron chi connectivity index (χ0n) is 9.87. The van der Waals surface area contributed by atoms with E-state index in [-0.39, 0.29) is 7.92 Å². The number of ketones is 1. The topological polar surface area (TPSA) is 46.5 Å². The molecule has 1 unspecified atom stereocenters. The van der Waals surface area contributed by atoms with Gasteiger partial charge in [-0.3, -0.25) is 5.26 Å². The van der Waals surface area contributed by atoms with Gasteiger partial charge in [0.1, 0.15) is 5.78 Å². The van der Waals surface area contributed by atoms with E-state index < -0.39 is 0 Å². The van der Waals surface area contributed by atoms with E-state index in [1.807, 2.05) is 0 Å². The normalized spacial score (nSPS) is 12.7. The Labute approximate surface area is 93.9 Å². The van der Waals surface area contributed by atoms with Crippen LogP contribution in [0.1, 0.15) is 39.5 Å². The Balaban J connectivity index is 3.57. The van der Waals surface area contributed by atoms with Gasteiger partial charge < -0.3 is 4.79 Å². The van der Waals surface area contributed by atoms with E-state index in [4.69, 9.17) is 5.26 Å². The van der Waals surface area contributed by atoms with Crippen molar-refractivity contribution in [3.63, 3.8) is 0 Å². The standard InChI is InChI=1S/C11H23O3P/c1-3-8-15(10-5-7-14-13)9-4-6-11(2)12/h13H,3-10H2,1-2H3. The number of carbonyl (C=O) groups is 1. The minimum absolute atomic E-state index is 0.0536. The minimum Gasteiger partial charge on any atom is -0.300 e. The number of carbonyl (C=O) groups excluding carboxylic acids is 1. The highest BCUT2D eigenvalue weighted by molar-refractivity contribution is 7.57. The molecule has 1 atom stereocenters. The molecule has 0 aromatic rings. The molecule has 0 heterocycles. The highest BCUT2D eigenvalue weighted by atomic mass is 31.1. The lowest BCUT2D eigenvalue weighted by molar-refractivity contribution is -0.241. The maximum Gasteiger partial charge on any atom is 0.129 e. The third-order valence-electron chi connectivity index (χ3n) is 2.25. The molecule has 0 amide bonds. The maximum atomic E-state index is 10.8. The number of hydrogen-bond acceptors (Lipinski definition) is 3. The highest BCUT2D eigenvalue weighted by Gasteiger charge is 2.07. The predicted molar refractivity (Wildman–Crippen MR) is 64.9 cm³/mol. The first-order valence-electron chi connectivity index (χ1n) is 5.68. The van der Waals surface area contributed by atoms with Gasteiger partial charge in [0, 0.05) is 6.42 Å². The van der Waals surface area contributed by atoms with Crippen molar-refractivity contribution in [3.8, 4) is 0 Å². The lowest BCUT2D eigenvalue weighted by Gasteiger charge is -2.16. The van der Waals surface area contributed by atoms with E-state index in [9.17, 15) is 4.79 Å². The molecule has 0 aromatic carbocycles. The van der Waals surface area contributed by atoms with Crippen LogP contribution >= 0.6 is 7.92 Å². The molecular formula is C11H23O3P. The number of Topliss-reactive ketones (excluding diaryl/α,β-unsaturated/α-hetero) is 1. The van der Waals surface area contributed by atoms with E-state index in [0.717, 1.165) is 25.4 Å². The Hall–Kier alpha value is 0.0200. The van der Waals surface area contributed by atoms with Crippen LogP contribution in [0.3, 0.4) is 0 Å². The first-order chi connectivity index (χ1) is 7.20. The van der Waals surface area contributed by atoms with Crippen molar-refractivity contribution in [2.24, 2.45) is 0 Å². The van der Waals surface area contributed by atoms with Crippen molar-refractivity contribution in [1.29, 1.82) is 0 Å². The van der Waals surface area contributed by atoms with Gasteiger partial charge in [0.05, 0.1) is 6.61 Å². The molecular weight excluding hydrogens is 211 g/mol. The first-order valence-corrected chi connectivity index (χ1v) is 7.58. The van der Waals surface area contributed by atoms with Gasteiger partial charge in [-0.05, 0) is 38.3 Å². The van der Waals surface area contributed by atoms with Crippen LogP contribution in [0.2, 0.25) is 0 Å². The molecule has 15 heavy (non-hydrogen) atoms. The van der Waals surface area contributed by atoms with Crippen LogP contribution in [0.4, 0.5) is 0 Å². The second-order valence-electron chi connectivity index (χ2n) is 3.83. The smallest absolute Gasteiger partial charge is 0.129 e. The third-order valence-corrected chi connectivity index (χ3v) is 5.23. The molecule has 4 heteroatoms. The van der Waals surface area contributed by atoms with Crippen LogP contribution < -0.4 is 0 Å². The van der Waals surface area contributed by atoms with E-state index in [2.05, 4.69) is 11.8 Å². The van der Waals surface area contributed by atoms with Crippen LogP contribution in [0, 0.1) is 0 Å². The van der Waals surface area contributed by atoms with Gasteiger partial charge in [0.15, 0.2) is 0 Å². The largest absolute Gasteiger partial charge is 0.300 e. The zero-order chi connectivity index (χ0) is 11.5. The first kappa shape index (κ1) is 15.0. The lowest BCUT2D eigenvalue weighted by Crippen LogP contribution is -2.00. The van der Waals surface area contributed by atoms with Gasteiger partial charge in [0.2, 0.25) is 0 Å². The van der Waals surface area contributed by atoms with Crippen molar-refractivity contribution >= 4 is 13.7 Å². The molecule has 0 rings (SSSR count). The van der Waals surface area contributed by atoms with Gasteiger partial charge in [-0.25, -0.2) is 4.89 Å². The molecule has 0 aliphatic carbocycles. The summed E-state index contributed by atoms with van der Waals surface area (Å²) in [7, 11) is 0.0536. The molecule has 0 fully saturated rings. The molecule has 3 nitrogen and oxygen atoms in total. The summed E-state index contributed by atoms with van der Waals surface area (Å²) in [6.45, 7) is 4.29. The van der Waals surface area contributed by atoms with Gasteiger partial charge >= 0.3 is 0 Å². The summed E-state index contributed by atoms with van der Waals surface area (Å²) in [5.74, 6) is 0.292. The lowest BCUT2D eigenvalue weighted by atomic mass is 10.3. The molecule has 0 saturated carbocycles. The van der Waals surface area contributed by atoms with Crippen LogP contribution in [-0.4, -0.2) is 36.1 Å². The van der Waals surface area contributed by atoms with Crippen molar-refractivity contribution in [2.45, 2.75) is 39.5 Å². The van der Waals surface area contributed by atoms with Crippen molar-refractivity contribution in [3.05, 3.63) is 0 Å². The molecule has 0 saturated heterocycles. The Morgan fingerprint density at radius 2 is 1.93 bits per heavy atom. The Morgan fingerprint density at radius 1 is 1.27 bits per heavy atom. The van der Waals surface area contributed by atoms with Crippen molar-refractivity contribution in [1.82, 2.24) is 0 Å². The zero-order valence-corrected chi connectivity index (χ0v) is 10.8. The number of rotatable bonds is 10. The number of hydrogen-bond donors (Lipinski definition) is 1. The van der Waals surface area contributed by atoms with Gasteiger partial charge in [0.25, 0.3) is 0 Å². The summed E-state index contributed by atoms with van der Waals surface area (Å²) >= 11 is 0. The molecule has 0 bridgehead atoms. The summed E-state index contributed by atoms with van der Waals surface area (Å²) < 4.78 is 0. The van der Waals surface area contributed by atoms with Crippen molar-refractivity contribution in [2.75, 3.05) is 25.1 Å². The summed E-state index contributed by atoms with van der Waals surface area (Å²) in [5, 5.41) is 8.22. The Morgan fingerprint density at radius 3 is 2.47 bits per heavy atom. The Bertz CT molecular complexity index is 162. The van der Waals surface area contributed by atoms with Gasteiger partial charge in [-0.2, -0.15) is 0 Å². The van der Waals surface area contributed by atoms with E-state index in [1.54, 1.807) is 6.92 Å². The Kier molecular flexibility index (Phi) is 10.5. The second-order valence-corrected chi connectivity index (χ2v) is 6.52. The molecule has 0 aliphatic heterocycles. The third kappa shape index (κ3) is 10.3. The van der Waals surface area contributed by atoms with Gasteiger partial charge in [-0.1, -0.05) is 13.3 Å². The molecule has 90 valence electrons. The second kappa shape index (κ2) is 10.5. The van der Waals surface area contributed by atoms with Crippen LogP contribution in [-0.2, 0) is 9.68 Å². The summed E-state index contributed by atoms with van der Waals surface area (Å²) in [4.78, 5) is 14.9. The molecule has 1 N–H and O–H groups in total. The van der Waals surface area contributed by atoms with Crippen LogP contribution in [0.5, 0.6) is 0 Å². The summed E-state index contributed by atoms with van der Waals surface area (Å²) in [6, 6.07) is 0. The average molecular weight is 234 g/mol. The molecule has 0 radical (unpaired) electrons. The van der Waals surface area contributed by atoms with Crippen LogP contribution in [0.15, 0.2) is 0 Å². The van der Waals surface area contributed by atoms with E-state index in [0.29, 0.717) is 12.4 Å². The minimum atomic E-state index is 0.0536. The fourth-order valence-electron chi connectivity index (χ4n) is 1.56. The summed E-state index contributed by atoms with van der Waals surface area (Å²) in [6.07, 6.45) is 7.52. The van der Waals surface area contributed by atoms with Crippen molar-refractivity contribution < 1.29 is 14.9 Å². The fourth-order valence-corrected chi connectivity index (χ4v) is 4.04. The van der Waals surface area contributed by atoms with E-state index >= 15 is 0 Å². The van der Waals surface area contributed by atoms with Gasteiger partial charge in [-0.15, -0.1) is 7.92 Å². The molecule has 0 aromatic heterocycles. The maximum absolute atomic E-state index is 10.8. The quantitative estimate of drug-likeness (QED) is 0.273. The highest BCUT2D eigenvalue weighted by Crippen LogP contribution is 2.37. The molecule has 0 aliphatic rings. The molecule has 0 spiro atoms. The SMILES string of the molecule is CCCP(CCCOO)CCCC(C)=O. The van der Waals surface area contributed by atoms with E-state index in [1.165, 1.54) is 18.7 Å². The predicted octanol–water partition coefficient (Wildman–Crippen LogP) is 3.13. The fraction of sp³-hybridized carbons (Fsp3) is 0.909. The monoisotopic (exact) mass is 234 g/mol. The van der Waals surface area contributed by atoms with Crippen LogP contribution in [0.25, 0.3) is 0 Å².